The van der Waals surface area contributed by atoms with Gasteiger partial charge in [0, 0.05) is 27.3 Å². The zero-order valence-electron chi connectivity index (χ0n) is 15.5. The number of ether oxygens (including phenoxy) is 3. The number of amides is 1. The van der Waals surface area contributed by atoms with Crippen LogP contribution in [0.25, 0.3) is 0 Å². The molecule has 1 atom stereocenters. The van der Waals surface area contributed by atoms with Crippen molar-refractivity contribution in [2.45, 2.75) is 13.0 Å². The molecule has 0 saturated carbocycles. The number of carboxylic acids is 1. The van der Waals surface area contributed by atoms with E-state index in [1.807, 2.05) is 0 Å². The van der Waals surface area contributed by atoms with Crippen LogP contribution in [0.4, 0.5) is 0 Å². The third-order valence-corrected chi connectivity index (χ3v) is 3.34. The molecule has 1 aromatic carbocycles. The molecule has 27 heavy (non-hydrogen) atoms. The molecule has 0 aliphatic rings. The van der Waals surface area contributed by atoms with Crippen LogP contribution in [0.5, 0.6) is 17.4 Å². The number of carbonyl (C=O) groups is 2. The van der Waals surface area contributed by atoms with Gasteiger partial charge < -0.3 is 24.2 Å². The van der Waals surface area contributed by atoms with Gasteiger partial charge in [0.2, 0.25) is 5.88 Å². The first-order valence-electron chi connectivity index (χ1n) is 8.05. The van der Waals surface area contributed by atoms with Gasteiger partial charge in [0.25, 0.3) is 5.91 Å². The third kappa shape index (κ3) is 5.65. The van der Waals surface area contributed by atoms with Crippen molar-refractivity contribution in [3.05, 3.63) is 41.9 Å². The molecule has 1 N–H and O–H groups in total. The lowest BCUT2D eigenvalue weighted by Gasteiger charge is -2.15. The highest BCUT2D eigenvalue weighted by Crippen LogP contribution is 2.27. The fourth-order valence-corrected chi connectivity index (χ4v) is 2.15. The SMILES string of the molecule is COC[C@H](C)Oc1cc(Oc2cnc(C(=O)N(C)C)cn2)cc(C(=O)O)c1. The quantitative estimate of drug-likeness (QED) is 0.746. The first kappa shape index (κ1) is 20.1. The van der Waals surface area contributed by atoms with Crippen LogP contribution in [0, 0.1) is 0 Å². The topological polar surface area (TPSA) is 111 Å². The van der Waals surface area contributed by atoms with Gasteiger partial charge in [0.15, 0.2) is 0 Å². The molecular weight excluding hydrogens is 354 g/mol. The zero-order chi connectivity index (χ0) is 20.0. The molecule has 0 aliphatic heterocycles. The molecule has 0 spiro atoms. The average molecular weight is 375 g/mol. The fourth-order valence-electron chi connectivity index (χ4n) is 2.15. The van der Waals surface area contributed by atoms with E-state index in [4.69, 9.17) is 14.2 Å². The Morgan fingerprint density at radius 3 is 2.41 bits per heavy atom. The number of rotatable bonds is 8. The molecule has 1 aromatic heterocycles. The molecule has 2 aromatic rings. The Kier molecular flexibility index (Phi) is 6.67. The average Bonchev–Trinajstić information content (AvgIpc) is 2.61. The summed E-state index contributed by atoms with van der Waals surface area (Å²) in [5.74, 6) is -0.756. The number of hydrogen-bond donors (Lipinski definition) is 1. The highest BCUT2D eigenvalue weighted by atomic mass is 16.5. The van der Waals surface area contributed by atoms with E-state index in [9.17, 15) is 14.7 Å². The summed E-state index contributed by atoms with van der Waals surface area (Å²) in [7, 11) is 4.77. The van der Waals surface area contributed by atoms with E-state index in [2.05, 4.69) is 9.97 Å². The van der Waals surface area contributed by atoms with Crippen molar-refractivity contribution >= 4 is 11.9 Å². The Hall–Kier alpha value is -3.20. The third-order valence-electron chi connectivity index (χ3n) is 3.34. The van der Waals surface area contributed by atoms with E-state index in [0.29, 0.717) is 12.4 Å². The van der Waals surface area contributed by atoms with Gasteiger partial charge >= 0.3 is 5.97 Å². The van der Waals surface area contributed by atoms with Crippen molar-refractivity contribution in [1.29, 1.82) is 0 Å². The molecular formula is C18H21N3O6. The Bertz CT molecular complexity index is 807. The monoisotopic (exact) mass is 375 g/mol. The summed E-state index contributed by atoms with van der Waals surface area (Å²) in [5.41, 5.74) is 0.170. The van der Waals surface area contributed by atoms with E-state index in [-0.39, 0.29) is 34.9 Å². The maximum Gasteiger partial charge on any atom is 0.335 e. The Morgan fingerprint density at radius 1 is 1.15 bits per heavy atom. The summed E-state index contributed by atoms with van der Waals surface area (Å²) in [6.45, 7) is 2.14. The van der Waals surface area contributed by atoms with Crippen LogP contribution in [-0.4, -0.2) is 65.8 Å². The summed E-state index contributed by atoms with van der Waals surface area (Å²) in [6, 6.07) is 4.28. The molecule has 0 bridgehead atoms. The van der Waals surface area contributed by atoms with Gasteiger partial charge in [0.05, 0.1) is 24.6 Å². The lowest BCUT2D eigenvalue weighted by Crippen LogP contribution is -2.22. The predicted octanol–water partition coefficient (Wildman–Crippen LogP) is 2.08. The smallest absolute Gasteiger partial charge is 0.335 e. The number of methoxy groups -OCH3 is 1. The van der Waals surface area contributed by atoms with Crippen molar-refractivity contribution in [3.63, 3.8) is 0 Å². The Balaban J connectivity index is 2.22. The van der Waals surface area contributed by atoms with Crippen molar-refractivity contribution in [2.75, 3.05) is 27.8 Å². The molecule has 1 amide bonds. The molecule has 9 nitrogen and oxygen atoms in total. The molecule has 2 rings (SSSR count). The van der Waals surface area contributed by atoms with Crippen LogP contribution in [0.1, 0.15) is 27.8 Å². The number of carbonyl (C=O) groups excluding carboxylic acids is 1. The molecule has 0 aliphatic carbocycles. The van der Waals surface area contributed by atoms with Crippen molar-refractivity contribution < 1.29 is 28.9 Å². The van der Waals surface area contributed by atoms with E-state index >= 15 is 0 Å². The number of aromatic carboxylic acids is 1. The first-order valence-corrected chi connectivity index (χ1v) is 8.05. The Labute approximate surface area is 156 Å². The highest BCUT2D eigenvalue weighted by Gasteiger charge is 2.14. The second kappa shape index (κ2) is 8.95. The highest BCUT2D eigenvalue weighted by molar-refractivity contribution is 5.91. The van der Waals surface area contributed by atoms with Gasteiger partial charge in [-0.05, 0) is 19.1 Å². The van der Waals surface area contributed by atoms with Gasteiger partial charge in [-0.1, -0.05) is 0 Å². The van der Waals surface area contributed by atoms with Crippen LogP contribution in [0.15, 0.2) is 30.6 Å². The minimum atomic E-state index is -1.12. The number of aromatic nitrogens is 2. The van der Waals surface area contributed by atoms with Gasteiger partial charge in [-0.3, -0.25) is 4.79 Å². The predicted molar refractivity (Wildman–Crippen MR) is 95.5 cm³/mol. The van der Waals surface area contributed by atoms with E-state index in [1.165, 1.54) is 29.4 Å². The van der Waals surface area contributed by atoms with Crippen molar-refractivity contribution in [1.82, 2.24) is 14.9 Å². The lowest BCUT2D eigenvalue weighted by molar-refractivity contribution is 0.0693. The van der Waals surface area contributed by atoms with Crippen LogP contribution in [-0.2, 0) is 4.74 Å². The minimum absolute atomic E-state index is 0.000480. The summed E-state index contributed by atoms with van der Waals surface area (Å²) in [6.07, 6.45) is 2.30. The second-order valence-electron chi connectivity index (χ2n) is 5.92. The molecule has 0 fully saturated rings. The van der Waals surface area contributed by atoms with Crippen LogP contribution in [0.2, 0.25) is 0 Å². The Morgan fingerprint density at radius 2 is 1.85 bits per heavy atom. The zero-order valence-corrected chi connectivity index (χ0v) is 15.5. The summed E-state index contributed by atoms with van der Waals surface area (Å²) in [5, 5.41) is 9.28. The van der Waals surface area contributed by atoms with Gasteiger partial charge in [-0.15, -0.1) is 0 Å². The lowest BCUT2D eigenvalue weighted by atomic mass is 10.2. The van der Waals surface area contributed by atoms with Crippen LogP contribution >= 0.6 is 0 Å². The van der Waals surface area contributed by atoms with Gasteiger partial charge in [-0.25, -0.2) is 14.8 Å². The normalized spacial score (nSPS) is 11.6. The second-order valence-corrected chi connectivity index (χ2v) is 5.92. The molecule has 0 unspecified atom stereocenters. The van der Waals surface area contributed by atoms with Crippen LogP contribution < -0.4 is 9.47 Å². The first-order chi connectivity index (χ1) is 12.8. The molecule has 0 saturated heterocycles. The molecule has 0 radical (unpaired) electrons. The molecule has 144 valence electrons. The largest absolute Gasteiger partial charge is 0.488 e. The number of carboxylic acid groups (broad SMARTS) is 1. The number of hydrogen-bond acceptors (Lipinski definition) is 7. The summed E-state index contributed by atoms with van der Waals surface area (Å²) >= 11 is 0. The van der Waals surface area contributed by atoms with Crippen LogP contribution in [0.3, 0.4) is 0 Å². The van der Waals surface area contributed by atoms with Gasteiger partial charge in [-0.2, -0.15) is 0 Å². The number of benzene rings is 1. The minimum Gasteiger partial charge on any atom is -0.488 e. The molecule has 1 heterocycles. The maximum absolute atomic E-state index is 11.8. The summed E-state index contributed by atoms with van der Waals surface area (Å²) < 4.78 is 16.2. The fraction of sp³-hybridized carbons (Fsp3) is 0.333. The van der Waals surface area contributed by atoms with Crippen molar-refractivity contribution in [2.24, 2.45) is 0 Å². The van der Waals surface area contributed by atoms with Gasteiger partial charge in [0.1, 0.15) is 23.3 Å². The van der Waals surface area contributed by atoms with E-state index in [1.54, 1.807) is 34.2 Å². The summed E-state index contributed by atoms with van der Waals surface area (Å²) in [4.78, 5) is 32.6. The number of nitrogens with zero attached hydrogens (tertiary/aromatic N) is 3. The standard InChI is InChI=1S/C18H21N3O6/c1-11(10-25-4)26-13-5-12(18(23)24)6-14(7-13)27-16-9-19-15(8-20-16)17(22)21(2)3/h5-9,11H,10H2,1-4H3,(H,23,24)/t11-/m0/s1. The molecule has 9 heteroatoms. The van der Waals surface area contributed by atoms with E-state index < -0.39 is 5.97 Å². The van der Waals surface area contributed by atoms with E-state index in [0.717, 1.165) is 0 Å². The maximum atomic E-state index is 11.8. The van der Waals surface area contributed by atoms with Crippen molar-refractivity contribution in [3.8, 4) is 17.4 Å².